The fourth-order valence-electron chi connectivity index (χ4n) is 4.60. The smallest absolute Gasteiger partial charge is 0.301 e. The van der Waals surface area contributed by atoms with E-state index in [1.807, 2.05) is 42.5 Å². The van der Waals surface area contributed by atoms with E-state index in [9.17, 15) is 14.7 Å². The molecule has 1 atom stereocenters. The van der Waals surface area contributed by atoms with Crippen LogP contribution in [0.3, 0.4) is 0 Å². The number of rotatable bonds is 6. The first-order valence-corrected chi connectivity index (χ1v) is 13.4. The highest BCUT2D eigenvalue weighted by Crippen LogP contribution is 2.45. The van der Waals surface area contributed by atoms with Gasteiger partial charge in [-0.25, -0.2) is 4.98 Å². The number of nitrogens with zero attached hydrogens (tertiary/aromatic N) is 2. The molecule has 5 aromatic rings. The number of hydrogen-bond acceptors (Lipinski definition) is 6. The van der Waals surface area contributed by atoms with Crippen LogP contribution in [0.25, 0.3) is 16.0 Å². The van der Waals surface area contributed by atoms with Gasteiger partial charge in [0.1, 0.15) is 18.1 Å². The van der Waals surface area contributed by atoms with Gasteiger partial charge in [0.2, 0.25) is 0 Å². The molecule has 1 fully saturated rings. The Morgan fingerprint density at radius 1 is 0.923 bits per heavy atom. The number of carbonyl (C=O) groups is 2. The normalized spacial score (nSPS) is 16.6. The molecule has 6 rings (SSSR count). The molecule has 192 valence electrons. The third-order valence-corrected chi connectivity index (χ3v) is 7.71. The molecular formula is C31H21ClN2O4S. The van der Waals surface area contributed by atoms with Crippen LogP contribution in [-0.4, -0.2) is 21.8 Å². The number of amides is 1. The zero-order valence-electron chi connectivity index (χ0n) is 20.5. The van der Waals surface area contributed by atoms with Crippen molar-refractivity contribution in [2.24, 2.45) is 0 Å². The first kappa shape index (κ1) is 24.9. The van der Waals surface area contributed by atoms with E-state index in [1.165, 1.54) is 16.2 Å². The lowest BCUT2D eigenvalue weighted by atomic mass is 9.95. The van der Waals surface area contributed by atoms with Crippen LogP contribution in [0, 0.1) is 0 Å². The van der Waals surface area contributed by atoms with Crippen LogP contribution < -0.4 is 9.64 Å². The van der Waals surface area contributed by atoms with Gasteiger partial charge in [0.15, 0.2) is 5.13 Å². The maximum atomic E-state index is 13.5. The number of benzene rings is 4. The topological polar surface area (TPSA) is 79.7 Å². The molecule has 0 radical (unpaired) electrons. The van der Waals surface area contributed by atoms with Crippen molar-refractivity contribution in [3.63, 3.8) is 0 Å². The number of ketones is 1. The Morgan fingerprint density at radius 3 is 2.44 bits per heavy atom. The minimum atomic E-state index is -0.915. The average molecular weight is 553 g/mol. The fourth-order valence-corrected chi connectivity index (χ4v) is 5.87. The Labute approximate surface area is 233 Å². The highest BCUT2D eigenvalue weighted by molar-refractivity contribution is 7.22. The molecule has 39 heavy (non-hydrogen) atoms. The minimum absolute atomic E-state index is 0.0105. The fraction of sp³-hybridized carbons (Fsp3) is 0.0645. The van der Waals surface area contributed by atoms with Gasteiger partial charge in [0.05, 0.1) is 21.8 Å². The number of halogens is 1. The van der Waals surface area contributed by atoms with Crippen molar-refractivity contribution in [1.29, 1.82) is 0 Å². The van der Waals surface area contributed by atoms with E-state index < -0.39 is 17.7 Å². The van der Waals surface area contributed by atoms with Gasteiger partial charge < -0.3 is 9.84 Å². The van der Waals surface area contributed by atoms with E-state index in [2.05, 4.69) is 4.98 Å². The number of thiazole rings is 1. The second kappa shape index (κ2) is 10.4. The van der Waals surface area contributed by atoms with Crippen molar-refractivity contribution >= 4 is 55.7 Å². The largest absolute Gasteiger partial charge is 0.507 e. The first-order chi connectivity index (χ1) is 19.0. The van der Waals surface area contributed by atoms with Crippen molar-refractivity contribution in [3.05, 3.63) is 130 Å². The summed E-state index contributed by atoms with van der Waals surface area (Å²) in [5, 5.41) is 12.2. The molecule has 2 heterocycles. The molecule has 1 amide bonds. The Kier molecular flexibility index (Phi) is 6.60. The number of aromatic nitrogens is 1. The van der Waals surface area contributed by atoms with Crippen molar-refractivity contribution < 1.29 is 19.4 Å². The summed E-state index contributed by atoms with van der Waals surface area (Å²) in [5.74, 6) is -1.23. The number of hydrogen-bond donors (Lipinski definition) is 1. The van der Waals surface area contributed by atoms with Crippen molar-refractivity contribution in [2.45, 2.75) is 12.6 Å². The number of fused-ring (bicyclic) bond motifs is 1. The van der Waals surface area contributed by atoms with E-state index in [-0.39, 0.29) is 11.3 Å². The molecule has 1 aliphatic heterocycles. The third kappa shape index (κ3) is 4.78. The van der Waals surface area contributed by atoms with E-state index in [4.69, 9.17) is 16.3 Å². The van der Waals surface area contributed by atoms with Gasteiger partial charge in [0.25, 0.3) is 5.78 Å². The van der Waals surface area contributed by atoms with Gasteiger partial charge in [-0.1, -0.05) is 95.7 Å². The summed E-state index contributed by atoms with van der Waals surface area (Å²) in [6.45, 7) is 0.354. The molecule has 6 nitrogen and oxygen atoms in total. The second-order valence-corrected chi connectivity index (χ2v) is 10.4. The Bertz CT molecular complexity index is 1730. The van der Waals surface area contributed by atoms with E-state index in [0.717, 1.165) is 10.3 Å². The van der Waals surface area contributed by atoms with Gasteiger partial charge >= 0.3 is 5.91 Å². The average Bonchev–Trinajstić information content (AvgIpc) is 3.50. The number of aliphatic hydroxyl groups excluding tert-OH is 1. The second-order valence-electron chi connectivity index (χ2n) is 8.99. The summed E-state index contributed by atoms with van der Waals surface area (Å²) >= 11 is 7.43. The molecule has 0 saturated carbocycles. The van der Waals surface area contributed by atoms with Gasteiger partial charge in [-0.05, 0) is 41.5 Å². The summed E-state index contributed by atoms with van der Waals surface area (Å²) in [5.41, 5.74) is 2.69. The number of anilines is 1. The predicted molar refractivity (Wildman–Crippen MR) is 153 cm³/mol. The predicted octanol–water partition coefficient (Wildman–Crippen LogP) is 7.16. The molecule has 0 spiro atoms. The lowest BCUT2D eigenvalue weighted by Crippen LogP contribution is -2.29. The maximum Gasteiger partial charge on any atom is 0.301 e. The van der Waals surface area contributed by atoms with Crippen LogP contribution in [-0.2, 0) is 16.2 Å². The standard InChI is InChI=1S/C31H21ClN2O4S/c32-22-14-15-24-25(17-22)39-31(33-24)34-27(26(29(36)30(34)37)28(35)20-10-5-2-6-11-20)21-12-7-13-23(16-21)38-18-19-8-3-1-4-9-19/h1-17,27,35H,18H2/t27-/m0/s1. The summed E-state index contributed by atoms with van der Waals surface area (Å²) < 4.78 is 6.81. The number of aliphatic hydroxyl groups is 1. The molecule has 0 aliphatic carbocycles. The Hall–Kier alpha value is -4.46. The van der Waals surface area contributed by atoms with E-state index in [0.29, 0.717) is 39.2 Å². The number of ether oxygens (including phenoxy) is 1. The summed E-state index contributed by atoms with van der Waals surface area (Å²) in [6.07, 6.45) is 0. The highest BCUT2D eigenvalue weighted by atomic mass is 35.5. The monoisotopic (exact) mass is 552 g/mol. The highest BCUT2D eigenvalue weighted by Gasteiger charge is 2.48. The molecule has 1 aromatic heterocycles. The molecule has 0 bridgehead atoms. The molecule has 1 saturated heterocycles. The van der Waals surface area contributed by atoms with Crippen LogP contribution in [0.4, 0.5) is 5.13 Å². The minimum Gasteiger partial charge on any atom is -0.507 e. The van der Waals surface area contributed by atoms with Crippen LogP contribution in [0.2, 0.25) is 5.02 Å². The maximum absolute atomic E-state index is 13.5. The van der Waals surface area contributed by atoms with Crippen LogP contribution in [0.1, 0.15) is 22.7 Å². The summed E-state index contributed by atoms with van der Waals surface area (Å²) in [4.78, 5) is 33.0. The summed E-state index contributed by atoms with van der Waals surface area (Å²) in [7, 11) is 0. The quantitative estimate of drug-likeness (QED) is 0.137. The molecule has 1 aliphatic rings. The van der Waals surface area contributed by atoms with Crippen molar-refractivity contribution in [2.75, 3.05) is 4.90 Å². The SMILES string of the molecule is O=C1C(=O)N(c2nc3ccc(Cl)cc3s2)[C@@H](c2cccc(OCc3ccccc3)c2)C1=C(O)c1ccccc1. The first-order valence-electron chi connectivity index (χ1n) is 12.2. The van der Waals surface area contributed by atoms with Gasteiger partial charge in [-0.3, -0.25) is 14.5 Å². The molecule has 0 unspecified atom stereocenters. The van der Waals surface area contributed by atoms with Crippen LogP contribution in [0.15, 0.2) is 109 Å². The summed E-state index contributed by atoms with van der Waals surface area (Å²) in [6, 6.07) is 30.0. The Balaban J connectivity index is 1.47. The molecule has 4 aromatic carbocycles. The zero-order valence-corrected chi connectivity index (χ0v) is 22.0. The van der Waals surface area contributed by atoms with E-state index >= 15 is 0 Å². The number of carbonyl (C=O) groups excluding carboxylic acids is 2. The van der Waals surface area contributed by atoms with Crippen LogP contribution >= 0.6 is 22.9 Å². The van der Waals surface area contributed by atoms with Gasteiger partial charge in [-0.15, -0.1) is 0 Å². The molecule has 8 heteroatoms. The lowest BCUT2D eigenvalue weighted by molar-refractivity contribution is -0.132. The molecule has 1 N–H and O–H groups in total. The van der Waals surface area contributed by atoms with Crippen molar-refractivity contribution in [3.8, 4) is 5.75 Å². The van der Waals surface area contributed by atoms with E-state index in [1.54, 1.807) is 60.7 Å². The van der Waals surface area contributed by atoms with Crippen molar-refractivity contribution in [1.82, 2.24) is 4.98 Å². The lowest BCUT2D eigenvalue weighted by Gasteiger charge is -2.23. The Morgan fingerprint density at radius 2 is 1.67 bits per heavy atom. The van der Waals surface area contributed by atoms with Crippen LogP contribution in [0.5, 0.6) is 5.75 Å². The van der Waals surface area contributed by atoms with Gasteiger partial charge in [-0.2, -0.15) is 0 Å². The molecular weight excluding hydrogens is 532 g/mol. The zero-order chi connectivity index (χ0) is 26.9. The van der Waals surface area contributed by atoms with Gasteiger partial charge in [0, 0.05) is 10.6 Å². The number of Topliss-reactive ketones (excluding diaryl/α,β-unsaturated/α-hetero) is 1. The third-order valence-electron chi connectivity index (χ3n) is 6.46.